The molecule has 18 heavy (non-hydrogen) atoms. The lowest BCUT2D eigenvalue weighted by atomic mass is 9.98. The Morgan fingerprint density at radius 1 is 1.39 bits per heavy atom. The number of carbonyl (C=O) groups excluding carboxylic acids is 2. The van der Waals surface area contributed by atoms with Gasteiger partial charge in [0.15, 0.2) is 0 Å². The molecule has 0 bridgehead atoms. The lowest BCUT2D eigenvalue weighted by Crippen LogP contribution is -2.38. The monoisotopic (exact) mass is 247 g/mol. The van der Waals surface area contributed by atoms with Gasteiger partial charge < -0.3 is 16.4 Å². The largest absolute Gasteiger partial charge is 0.399 e. The van der Waals surface area contributed by atoms with Crippen LogP contribution in [-0.2, 0) is 11.2 Å². The van der Waals surface area contributed by atoms with Gasteiger partial charge >= 0.3 is 0 Å². The molecule has 0 aromatic heterocycles. The number of carbonyl (C=O) groups is 2. The van der Waals surface area contributed by atoms with Crippen LogP contribution >= 0.6 is 0 Å². The maximum Gasteiger partial charge on any atom is 0.254 e. The third kappa shape index (κ3) is 2.61. The Kier molecular flexibility index (Phi) is 3.50. The van der Waals surface area contributed by atoms with Crippen molar-refractivity contribution in [3.8, 4) is 0 Å². The summed E-state index contributed by atoms with van der Waals surface area (Å²) < 4.78 is 0. The van der Waals surface area contributed by atoms with Crippen LogP contribution < -0.4 is 11.5 Å². The molecule has 0 unspecified atom stereocenters. The Hall–Kier alpha value is -2.04. The van der Waals surface area contributed by atoms with Gasteiger partial charge in [0.2, 0.25) is 5.91 Å². The van der Waals surface area contributed by atoms with Crippen LogP contribution in [0.1, 0.15) is 28.8 Å². The van der Waals surface area contributed by atoms with Crippen molar-refractivity contribution in [1.82, 2.24) is 4.90 Å². The third-order valence-electron chi connectivity index (χ3n) is 3.15. The van der Waals surface area contributed by atoms with Gasteiger partial charge in [0, 0.05) is 30.8 Å². The van der Waals surface area contributed by atoms with Crippen molar-refractivity contribution in [2.75, 3.05) is 18.8 Å². The normalized spacial score (nSPS) is 14.4. The number of primary amides is 1. The van der Waals surface area contributed by atoms with Gasteiger partial charge in [-0.15, -0.1) is 0 Å². The van der Waals surface area contributed by atoms with Crippen molar-refractivity contribution < 1.29 is 9.59 Å². The highest BCUT2D eigenvalue weighted by Crippen LogP contribution is 2.21. The summed E-state index contributed by atoms with van der Waals surface area (Å²) >= 11 is 0. The van der Waals surface area contributed by atoms with Crippen molar-refractivity contribution in [1.29, 1.82) is 0 Å². The molecular weight excluding hydrogens is 230 g/mol. The average Bonchev–Trinajstić information content (AvgIpc) is 2.32. The second kappa shape index (κ2) is 5.08. The molecule has 0 saturated carbocycles. The first kappa shape index (κ1) is 12.4. The van der Waals surface area contributed by atoms with Crippen LogP contribution in [-0.4, -0.2) is 29.8 Å². The predicted molar refractivity (Wildman–Crippen MR) is 68.9 cm³/mol. The number of nitrogens with zero attached hydrogens (tertiary/aromatic N) is 1. The number of fused-ring (bicyclic) bond motifs is 1. The maximum absolute atomic E-state index is 12.2. The Morgan fingerprint density at radius 3 is 2.89 bits per heavy atom. The molecule has 0 spiro atoms. The number of benzene rings is 1. The molecule has 0 fully saturated rings. The molecule has 1 heterocycles. The lowest BCUT2D eigenvalue weighted by molar-refractivity contribution is -0.118. The molecule has 1 aromatic carbocycles. The average molecular weight is 247 g/mol. The fraction of sp³-hybridized carbons (Fsp3) is 0.385. The van der Waals surface area contributed by atoms with Gasteiger partial charge in [-0.05, 0) is 30.5 Å². The Morgan fingerprint density at radius 2 is 2.17 bits per heavy atom. The van der Waals surface area contributed by atoms with Crippen LogP contribution in [0, 0.1) is 0 Å². The van der Waals surface area contributed by atoms with E-state index in [0.29, 0.717) is 37.2 Å². The van der Waals surface area contributed by atoms with Gasteiger partial charge in [0.05, 0.1) is 0 Å². The summed E-state index contributed by atoms with van der Waals surface area (Å²) in [5.41, 5.74) is 13.1. The number of rotatable bonds is 4. The van der Waals surface area contributed by atoms with Gasteiger partial charge in [0.25, 0.3) is 5.91 Å². The molecule has 1 aromatic rings. The van der Waals surface area contributed by atoms with E-state index in [0.717, 1.165) is 12.0 Å². The number of hydrogen-bond acceptors (Lipinski definition) is 3. The minimum absolute atomic E-state index is 0.00646. The molecule has 0 aliphatic carbocycles. The third-order valence-corrected chi connectivity index (χ3v) is 3.15. The first-order valence-corrected chi connectivity index (χ1v) is 6.04. The number of nitrogens with two attached hydrogens (primary N) is 2. The summed E-state index contributed by atoms with van der Waals surface area (Å²) in [6.07, 6.45) is 1.75. The van der Waals surface area contributed by atoms with E-state index < -0.39 is 0 Å². The molecule has 0 radical (unpaired) electrons. The first-order valence-electron chi connectivity index (χ1n) is 6.04. The highest BCUT2D eigenvalue weighted by Gasteiger charge is 2.23. The fourth-order valence-electron chi connectivity index (χ4n) is 2.20. The Labute approximate surface area is 106 Å². The van der Waals surface area contributed by atoms with Crippen molar-refractivity contribution in [3.05, 3.63) is 29.3 Å². The zero-order valence-electron chi connectivity index (χ0n) is 10.2. The molecule has 5 nitrogen and oxygen atoms in total. The van der Waals surface area contributed by atoms with Crippen LogP contribution in [0.15, 0.2) is 18.2 Å². The lowest BCUT2D eigenvalue weighted by Gasteiger charge is -2.28. The summed E-state index contributed by atoms with van der Waals surface area (Å²) in [7, 11) is 0. The summed E-state index contributed by atoms with van der Waals surface area (Å²) in [4.78, 5) is 24.6. The Bertz CT molecular complexity index is 485. The molecule has 1 aliphatic rings. The van der Waals surface area contributed by atoms with E-state index in [1.54, 1.807) is 11.0 Å². The second-order valence-electron chi connectivity index (χ2n) is 4.53. The van der Waals surface area contributed by atoms with Gasteiger partial charge in [-0.3, -0.25) is 9.59 Å². The minimum Gasteiger partial charge on any atom is -0.399 e. The Balaban J connectivity index is 2.05. The van der Waals surface area contributed by atoms with E-state index in [2.05, 4.69) is 0 Å². The number of nitrogen functional groups attached to an aromatic ring is 1. The molecule has 96 valence electrons. The van der Waals surface area contributed by atoms with Crippen LogP contribution in [0.25, 0.3) is 0 Å². The highest BCUT2D eigenvalue weighted by atomic mass is 16.2. The topological polar surface area (TPSA) is 89.4 Å². The second-order valence-corrected chi connectivity index (χ2v) is 4.53. The SMILES string of the molecule is NC(=O)CCCN1CCc2ccc(N)cc2C1=O. The van der Waals surface area contributed by atoms with Crippen molar-refractivity contribution in [2.45, 2.75) is 19.3 Å². The molecule has 0 saturated heterocycles. The van der Waals surface area contributed by atoms with Gasteiger partial charge in [0.1, 0.15) is 0 Å². The quantitative estimate of drug-likeness (QED) is 0.761. The summed E-state index contributed by atoms with van der Waals surface area (Å²) in [6.45, 7) is 1.25. The van der Waals surface area contributed by atoms with E-state index >= 15 is 0 Å². The van der Waals surface area contributed by atoms with Crippen molar-refractivity contribution >= 4 is 17.5 Å². The standard InChI is InChI=1S/C13H17N3O2/c14-10-4-3-9-5-7-16(6-1-2-12(15)17)13(18)11(9)8-10/h3-4,8H,1-2,5-7,14H2,(H2,15,17). The minimum atomic E-state index is -0.330. The van der Waals surface area contributed by atoms with E-state index in [1.807, 2.05) is 12.1 Å². The fourth-order valence-corrected chi connectivity index (χ4v) is 2.20. The maximum atomic E-state index is 12.2. The summed E-state index contributed by atoms with van der Waals surface area (Å²) in [5, 5.41) is 0. The van der Waals surface area contributed by atoms with Crippen LogP contribution in [0.3, 0.4) is 0 Å². The van der Waals surface area contributed by atoms with E-state index in [-0.39, 0.29) is 11.8 Å². The van der Waals surface area contributed by atoms with Gasteiger partial charge in [-0.2, -0.15) is 0 Å². The van der Waals surface area contributed by atoms with Gasteiger partial charge in [-0.1, -0.05) is 6.07 Å². The van der Waals surface area contributed by atoms with E-state index in [4.69, 9.17) is 11.5 Å². The van der Waals surface area contributed by atoms with E-state index in [1.165, 1.54) is 0 Å². The molecule has 0 atom stereocenters. The number of anilines is 1. The molecular formula is C13H17N3O2. The highest BCUT2D eigenvalue weighted by molar-refractivity contribution is 5.97. The van der Waals surface area contributed by atoms with Crippen LogP contribution in [0.5, 0.6) is 0 Å². The number of hydrogen-bond donors (Lipinski definition) is 2. The first-order chi connectivity index (χ1) is 8.58. The molecule has 2 rings (SSSR count). The molecule has 4 N–H and O–H groups in total. The number of amides is 2. The van der Waals surface area contributed by atoms with Crippen LogP contribution in [0.2, 0.25) is 0 Å². The molecule has 1 aliphatic heterocycles. The zero-order chi connectivity index (χ0) is 13.1. The molecule has 5 heteroatoms. The summed E-state index contributed by atoms with van der Waals surface area (Å²) in [6, 6.07) is 5.44. The molecule has 2 amide bonds. The summed E-state index contributed by atoms with van der Waals surface area (Å²) in [5.74, 6) is -0.336. The zero-order valence-corrected chi connectivity index (χ0v) is 10.2. The van der Waals surface area contributed by atoms with Gasteiger partial charge in [-0.25, -0.2) is 0 Å². The smallest absolute Gasteiger partial charge is 0.254 e. The van der Waals surface area contributed by atoms with Crippen LogP contribution in [0.4, 0.5) is 5.69 Å². The predicted octanol–water partition coefficient (Wildman–Crippen LogP) is 0.533. The van der Waals surface area contributed by atoms with Crippen molar-refractivity contribution in [3.63, 3.8) is 0 Å². The van der Waals surface area contributed by atoms with Crippen molar-refractivity contribution in [2.24, 2.45) is 5.73 Å². The van der Waals surface area contributed by atoms with E-state index in [9.17, 15) is 9.59 Å².